The molecule has 0 radical (unpaired) electrons. The van der Waals surface area contributed by atoms with Gasteiger partial charge in [0.2, 0.25) is 5.91 Å². The molecule has 1 N–H and O–H groups in total. The second-order valence-electron chi connectivity index (χ2n) is 4.29. The van der Waals surface area contributed by atoms with E-state index in [1.165, 1.54) is 6.08 Å². The zero-order chi connectivity index (χ0) is 14.2. The van der Waals surface area contributed by atoms with Crippen molar-refractivity contribution in [1.29, 1.82) is 0 Å². The Balaban J connectivity index is 2.23. The maximum Gasteiger partial charge on any atom is 0.248 e. The van der Waals surface area contributed by atoms with Gasteiger partial charge in [-0.3, -0.25) is 4.79 Å². The smallest absolute Gasteiger partial charge is 0.248 e. The zero-order valence-electron chi connectivity index (χ0n) is 11.4. The summed E-state index contributed by atoms with van der Waals surface area (Å²) in [6.45, 7) is 1.91. The van der Waals surface area contributed by atoms with Gasteiger partial charge in [-0.2, -0.15) is 0 Å². The van der Waals surface area contributed by atoms with Gasteiger partial charge in [0.05, 0.1) is 0 Å². The van der Waals surface area contributed by atoms with Crippen molar-refractivity contribution in [2.24, 2.45) is 0 Å². The maximum atomic E-state index is 11.8. The van der Waals surface area contributed by atoms with Crippen molar-refractivity contribution in [2.45, 2.75) is 6.92 Å². The van der Waals surface area contributed by atoms with E-state index in [-0.39, 0.29) is 5.91 Å². The number of benzene rings is 2. The normalized spacial score (nSPS) is 11.1. The summed E-state index contributed by atoms with van der Waals surface area (Å²) >= 11 is 0. The lowest BCUT2D eigenvalue weighted by atomic mass is 10.0. The van der Waals surface area contributed by atoms with Gasteiger partial charge in [-0.15, -0.1) is 0 Å². The van der Waals surface area contributed by atoms with Gasteiger partial charge >= 0.3 is 0 Å². The Kier molecular flexibility index (Phi) is 4.90. The first-order valence-corrected chi connectivity index (χ1v) is 6.56. The molecule has 2 heteroatoms. The molecule has 0 aliphatic rings. The topological polar surface area (TPSA) is 29.1 Å². The number of amides is 1. The molecule has 0 spiro atoms. The highest BCUT2D eigenvalue weighted by molar-refractivity contribution is 6.02. The van der Waals surface area contributed by atoms with Crippen molar-refractivity contribution >= 4 is 11.6 Å². The molecule has 0 aliphatic carbocycles. The Morgan fingerprint density at radius 1 is 0.950 bits per heavy atom. The summed E-state index contributed by atoms with van der Waals surface area (Å²) < 4.78 is 0. The number of nitrogens with one attached hydrogen (secondary N) is 1. The van der Waals surface area contributed by atoms with E-state index in [4.69, 9.17) is 0 Å². The Hall–Kier alpha value is -2.61. The SMILES string of the molecule is C/C=C/C=C/C(=O)Nc1ccccc1-c1ccccc1. The average Bonchev–Trinajstić information content (AvgIpc) is 2.49. The second-order valence-corrected chi connectivity index (χ2v) is 4.29. The van der Waals surface area contributed by atoms with Crippen molar-refractivity contribution in [3.8, 4) is 11.1 Å². The predicted octanol–water partition coefficient (Wildman–Crippen LogP) is 4.42. The number of carbonyl (C=O) groups excluding carboxylic acids is 1. The summed E-state index contributed by atoms with van der Waals surface area (Å²) in [6, 6.07) is 17.8. The van der Waals surface area contributed by atoms with Crippen LogP contribution in [-0.2, 0) is 4.79 Å². The van der Waals surface area contributed by atoms with E-state index in [9.17, 15) is 4.79 Å². The third kappa shape index (κ3) is 3.69. The van der Waals surface area contributed by atoms with Crippen LogP contribution in [0.3, 0.4) is 0 Å². The lowest BCUT2D eigenvalue weighted by Crippen LogP contribution is -2.08. The second kappa shape index (κ2) is 7.10. The molecule has 0 saturated heterocycles. The van der Waals surface area contributed by atoms with E-state index in [1.807, 2.05) is 73.7 Å². The van der Waals surface area contributed by atoms with Crippen LogP contribution in [-0.4, -0.2) is 5.91 Å². The molecule has 2 aromatic carbocycles. The lowest BCUT2D eigenvalue weighted by Gasteiger charge is -2.09. The maximum absolute atomic E-state index is 11.8. The molecule has 2 aromatic rings. The molecule has 0 bridgehead atoms. The summed E-state index contributed by atoms with van der Waals surface area (Å²) in [6.07, 6.45) is 6.94. The molecular formula is C18H17NO. The Labute approximate surface area is 119 Å². The standard InChI is InChI=1S/C18H17NO/c1-2-3-5-14-18(20)19-17-13-9-8-12-16(17)15-10-6-4-7-11-15/h2-14H,1H3,(H,19,20)/b3-2+,14-5+. The van der Waals surface area contributed by atoms with E-state index in [1.54, 1.807) is 6.08 Å². The number of rotatable bonds is 4. The van der Waals surface area contributed by atoms with E-state index in [0.717, 1.165) is 16.8 Å². The minimum atomic E-state index is -0.133. The summed E-state index contributed by atoms with van der Waals surface area (Å²) in [4.78, 5) is 11.8. The number of carbonyl (C=O) groups is 1. The van der Waals surface area contributed by atoms with E-state index in [0.29, 0.717) is 0 Å². The van der Waals surface area contributed by atoms with Crippen LogP contribution in [0.2, 0.25) is 0 Å². The molecular weight excluding hydrogens is 246 g/mol. The van der Waals surface area contributed by atoms with Crippen LogP contribution in [0.1, 0.15) is 6.92 Å². The van der Waals surface area contributed by atoms with Gasteiger partial charge in [-0.1, -0.05) is 66.8 Å². The van der Waals surface area contributed by atoms with Crippen molar-refractivity contribution in [3.63, 3.8) is 0 Å². The van der Waals surface area contributed by atoms with Gasteiger partial charge < -0.3 is 5.32 Å². The summed E-state index contributed by atoms with van der Waals surface area (Å²) in [5, 5.41) is 2.91. The van der Waals surface area contributed by atoms with Crippen molar-refractivity contribution < 1.29 is 4.79 Å². The van der Waals surface area contributed by atoms with Gasteiger partial charge in [-0.25, -0.2) is 0 Å². The monoisotopic (exact) mass is 263 g/mol. The molecule has 0 fully saturated rings. The van der Waals surface area contributed by atoms with Gasteiger partial charge in [0.15, 0.2) is 0 Å². The molecule has 0 unspecified atom stereocenters. The molecule has 0 aromatic heterocycles. The van der Waals surface area contributed by atoms with Crippen LogP contribution in [0.5, 0.6) is 0 Å². The lowest BCUT2D eigenvalue weighted by molar-refractivity contribution is -0.111. The average molecular weight is 263 g/mol. The van der Waals surface area contributed by atoms with Crippen LogP contribution in [0.4, 0.5) is 5.69 Å². The van der Waals surface area contributed by atoms with Gasteiger partial charge in [-0.05, 0) is 18.6 Å². The van der Waals surface area contributed by atoms with Crippen LogP contribution < -0.4 is 5.32 Å². The highest BCUT2D eigenvalue weighted by Gasteiger charge is 2.05. The molecule has 0 atom stereocenters. The van der Waals surface area contributed by atoms with E-state index >= 15 is 0 Å². The number of hydrogen-bond acceptors (Lipinski definition) is 1. The molecule has 0 heterocycles. The molecule has 0 saturated carbocycles. The first-order valence-electron chi connectivity index (χ1n) is 6.56. The van der Waals surface area contributed by atoms with Crippen LogP contribution in [0.25, 0.3) is 11.1 Å². The number of allylic oxidation sites excluding steroid dienone is 3. The van der Waals surface area contributed by atoms with Crippen molar-refractivity contribution in [1.82, 2.24) is 0 Å². The fourth-order valence-electron chi connectivity index (χ4n) is 1.89. The van der Waals surface area contributed by atoms with E-state index in [2.05, 4.69) is 5.32 Å². The van der Waals surface area contributed by atoms with Crippen LogP contribution >= 0.6 is 0 Å². The predicted molar refractivity (Wildman–Crippen MR) is 84.5 cm³/mol. The Morgan fingerprint density at radius 3 is 2.40 bits per heavy atom. The minimum Gasteiger partial charge on any atom is -0.322 e. The summed E-state index contributed by atoms with van der Waals surface area (Å²) in [7, 11) is 0. The number of anilines is 1. The van der Waals surface area contributed by atoms with Crippen molar-refractivity contribution in [2.75, 3.05) is 5.32 Å². The quantitative estimate of drug-likeness (QED) is 0.642. The number of para-hydroxylation sites is 1. The van der Waals surface area contributed by atoms with E-state index < -0.39 is 0 Å². The summed E-state index contributed by atoms with van der Waals surface area (Å²) in [5.74, 6) is -0.133. The van der Waals surface area contributed by atoms with Gasteiger partial charge in [0, 0.05) is 17.3 Å². The van der Waals surface area contributed by atoms with Gasteiger partial charge in [0.25, 0.3) is 0 Å². The highest BCUT2D eigenvalue weighted by Crippen LogP contribution is 2.27. The fraction of sp³-hybridized carbons (Fsp3) is 0.0556. The third-order valence-corrected chi connectivity index (χ3v) is 2.82. The largest absolute Gasteiger partial charge is 0.322 e. The fourth-order valence-corrected chi connectivity index (χ4v) is 1.89. The first kappa shape index (κ1) is 13.8. The highest BCUT2D eigenvalue weighted by atomic mass is 16.1. The third-order valence-electron chi connectivity index (χ3n) is 2.82. The summed E-state index contributed by atoms with van der Waals surface area (Å²) in [5.41, 5.74) is 2.91. The molecule has 100 valence electrons. The molecule has 20 heavy (non-hydrogen) atoms. The number of hydrogen-bond donors (Lipinski definition) is 1. The molecule has 1 amide bonds. The molecule has 2 rings (SSSR count). The zero-order valence-corrected chi connectivity index (χ0v) is 11.4. The minimum absolute atomic E-state index is 0.133. The first-order chi connectivity index (χ1) is 9.81. The Morgan fingerprint density at radius 2 is 1.65 bits per heavy atom. The Bertz CT molecular complexity index is 627. The van der Waals surface area contributed by atoms with Crippen LogP contribution in [0, 0.1) is 0 Å². The van der Waals surface area contributed by atoms with Crippen LogP contribution in [0.15, 0.2) is 78.9 Å². The molecule has 0 aliphatic heterocycles. The molecule has 2 nitrogen and oxygen atoms in total. The van der Waals surface area contributed by atoms with Crippen molar-refractivity contribution in [3.05, 3.63) is 78.9 Å². The van der Waals surface area contributed by atoms with Gasteiger partial charge in [0.1, 0.15) is 0 Å².